The Kier molecular flexibility index (Phi) is 4.14. The van der Waals surface area contributed by atoms with E-state index in [-0.39, 0.29) is 5.91 Å². The van der Waals surface area contributed by atoms with Gasteiger partial charge in [-0.25, -0.2) is 9.67 Å². The average molecular weight is 364 g/mol. The molecule has 0 unspecified atom stereocenters. The van der Waals surface area contributed by atoms with Crippen LogP contribution in [0.25, 0.3) is 15.9 Å². The molecule has 130 valence electrons. The molecule has 6 nitrogen and oxygen atoms in total. The molecule has 2 aromatic heterocycles. The number of hydrogen-bond donors (Lipinski definition) is 1. The first-order chi connectivity index (χ1) is 12.7. The van der Waals surface area contributed by atoms with Gasteiger partial charge < -0.3 is 4.74 Å². The lowest BCUT2D eigenvalue weighted by Gasteiger charge is -2.05. The van der Waals surface area contributed by atoms with Gasteiger partial charge in [0.1, 0.15) is 5.75 Å². The van der Waals surface area contributed by atoms with E-state index in [0.717, 1.165) is 27.3 Å². The first kappa shape index (κ1) is 16.3. The summed E-state index contributed by atoms with van der Waals surface area (Å²) in [6.07, 6.45) is 1.58. The van der Waals surface area contributed by atoms with Gasteiger partial charge in [-0.1, -0.05) is 29.5 Å². The predicted molar refractivity (Wildman–Crippen MR) is 102 cm³/mol. The van der Waals surface area contributed by atoms with Crippen LogP contribution in [0.1, 0.15) is 16.1 Å². The molecular weight excluding hydrogens is 348 g/mol. The molecule has 1 amide bonds. The van der Waals surface area contributed by atoms with Crippen LogP contribution in [0.2, 0.25) is 0 Å². The molecule has 0 aliphatic heterocycles. The number of thiazole rings is 1. The smallest absolute Gasteiger partial charge is 0.260 e. The summed E-state index contributed by atoms with van der Waals surface area (Å²) in [5.74, 6) is 0.537. The highest BCUT2D eigenvalue weighted by Crippen LogP contribution is 2.29. The fraction of sp³-hybridized carbons (Fsp3) is 0.105. The molecule has 4 aromatic rings. The highest BCUT2D eigenvalue weighted by atomic mass is 32.1. The van der Waals surface area contributed by atoms with E-state index in [1.54, 1.807) is 18.0 Å². The van der Waals surface area contributed by atoms with E-state index in [0.29, 0.717) is 10.7 Å². The van der Waals surface area contributed by atoms with Crippen molar-refractivity contribution in [3.05, 3.63) is 66.0 Å². The van der Waals surface area contributed by atoms with Gasteiger partial charge in [0.25, 0.3) is 5.91 Å². The third-order valence-electron chi connectivity index (χ3n) is 4.07. The van der Waals surface area contributed by atoms with Crippen molar-refractivity contribution in [2.45, 2.75) is 6.92 Å². The first-order valence-corrected chi connectivity index (χ1v) is 8.83. The molecule has 0 radical (unpaired) electrons. The third kappa shape index (κ3) is 2.93. The summed E-state index contributed by atoms with van der Waals surface area (Å²) in [5.41, 5.74) is 3.03. The van der Waals surface area contributed by atoms with Gasteiger partial charge in [-0.05, 0) is 37.3 Å². The molecule has 1 N–H and O–H groups in total. The monoisotopic (exact) mass is 364 g/mol. The van der Waals surface area contributed by atoms with E-state index in [4.69, 9.17) is 4.74 Å². The maximum Gasteiger partial charge on any atom is 0.260 e. The largest absolute Gasteiger partial charge is 0.497 e. The summed E-state index contributed by atoms with van der Waals surface area (Å²) in [7, 11) is 1.62. The number of nitrogens with one attached hydrogen (secondary N) is 1. The number of hydrogen-bond acceptors (Lipinski definition) is 5. The second-order valence-electron chi connectivity index (χ2n) is 5.70. The molecule has 0 aliphatic carbocycles. The number of carbonyl (C=O) groups excluding carboxylic acids is 1. The number of ether oxygens (including phenoxy) is 1. The molecule has 0 saturated carbocycles. The van der Waals surface area contributed by atoms with Crippen LogP contribution < -0.4 is 10.1 Å². The Labute approximate surface area is 154 Å². The number of amides is 1. The van der Waals surface area contributed by atoms with E-state index < -0.39 is 0 Å². The Bertz CT molecular complexity index is 1090. The lowest BCUT2D eigenvalue weighted by molar-refractivity contribution is 0.102. The second kappa shape index (κ2) is 6.61. The molecular formula is C19H16N4O2S. The molecule has 0 aliphatic rings. The summed E-state index contributed by atoms with van der Waals surface area (Å²) in [5, 5.41) is 7.75. The molecule has 0 fully saturated rings. The Morgan fingerprint density at radius 1 is 1.19 bits per heavy atom. The quantitative estimate of drug-likeness (QED) is 0.593. The van der Waals surface area contributed by atoms with Crippen molar-refractivity contribution in [2.75, 3.05) is 12.4 Å². The summed E-state index contributed by atoms with van der Waals surface area (Å²) >= 11 is 1.41. The molecule has 2 aromatic carbocycles. The predicted octanol–water partition coefficient (Wildman–Crippen LogP) is 4.05. The van der Waals surface area contributed by atoms with Crippen LogP contribution in [0.5, 0.6) is 5.75 Å². The number of fused-ring (bicyclic) bond motifs is 1. The zero-order valence-electron chi connectivity index (χ0n) is 14.3. The van der Waals surface area contributed by atoms with Crippen LogP contribution in [-0.4, -0.2) is 27.8 Å². The normalized spacial score (nSPS) is 10.8. The van der Waals surface area contributed by atoms with E-state index in [1.165, 1.54) is 11.3 Å². The SMILES string of the molecule is COc1ccc2nc(NC(=O)c3cnn(-c4ccccc4)c3C)sc2c1. The van der Waals surface area contributed by atoms with Crippen molar-refractivity contribution < 1.29 is 9.53 Å². The highest BCUT2D eigenvalue weighted by molar-refractivity contribution is 7.22. The maximum absolute atomic E-state index is 12.7. The minimum absolute atomic E-state index is 0.226. The molecule has 0 saturated heterocycles. The Hall–Kier alpha value is -3.19. The van der Waals surface area contributed by atoms with E-state index in [9.17, 15) is 4.79 Å². The molecule has 26 heavy (non-hydrogen) atoms. The Balaban J connectivity index is 1.60. The summed E-state index contributed by atoms with van der Waals surface area (Å²) in [6, 6.07) is 15.3. The Morgan fingerprint density at radius 3 is 2.77 bits per heavy atom. The number of nitrogens with zero attached hydrogens (tertiary/aromatic N) is 3. The van der Waals surface area contributed by atoms with Crippen molar-refractivity contribution in [3.8, 4) is 11.4 Å². The van der Waals surface area contributed by atoms with Crippen molar-refractivity contribution >= 4 is 32.6 Å². The van der Waals surface area contributed by atoms with Gasteiger partial charge in [0.05, 0.1) is 40.5 Å². The van der Waals surface area contributed by atoms with Crippen molar-refractivity contribution in [1.29, 1.82) is 0 Å². The molecule has 0 spiro atoms. The average Bonchev–Trinajstić information content (AvgIpc) is 3.24. The molecule has 0 atom stereocenters. The summed E-state index contributed by atoms with van der Waals surface area (Å²) in [4.78, 5) is 17.1. The fourth-order valence-electron chi connectivity index (χ4n) is 2.71. The minimum Gasteiger partial charge on any atom is -0.497 e. The van der Waals surface area contributed by atoms with E-state index in [2.05, 4.69) is 15.4 Å². The fourth-order valence-corrected chi connectivity index (χ4v) is 3.60. The van der Waals surface area contributed by atoms with Gasteiger partial charge >= 0.3 is 0 Å². The van der Waals surface area contributed by atoms with Crippen LogP contribution in [0, 0.1) is 6.92 Å². The van der Waals surface area contributed by atoms with Gasteiger partial charge in [-0.2, -0.15) is 5.10 Å². The van der Waals surface area contributed by atoms with Gasteiger partial charge in [0, 0.05) is 0 Å². The van der Waals surface area contributed by atoms with Crippen LogP contribution in [0.3, 0.4) is 0 Å². The molecule has 2 heterocycles. The number of anilines is 1. The molecule has 7 heteroatoms. The van der Waals surface area contributed by atoms with Gasteiger partial charge in [-0.15, -0.1) is 0 Å². The zero-order chi connectivity index (χ0) is 18.1. The second-order valence-corrected chi connectivity index (χ2v) is 6.73. The topological polar surface area (TPSA) is 69.0 Å². The number of methoxy groups -OCH3 is 1. The number of aromatic nitrogens is 3. The number of carbonyl (C=O) groups is 1. The van der Waals surface area contributed by atoms with Crippen molar-refractivity contribution in [2.24, 2.45) is 0 Å². The number of rotatable bonds is 4. The minimum atomic E-state index is -0.226. The standard InChI is InChI=1S/C19H16N4O2S/c1-12-15(11-20-23(12)13-6-4-3-5-7-13)18(24)22-19-21-16-9-8-14(25-2)10-17(16)26-19/h3-11H,1-2H3,(H,21,22,24). The highest BCUT2D eigenvalue weighted by Gasteiger charge is 2.17. The summed E-state index contributed by atoms with van der Waals surface area (Å²) < 4.78 is 7.93. The van der Waals surface area contributed by atoms with Gasteiger partial charge in [0.2, 0.25) is 0 Å². The first-order valence-electron chi connectivity index (χ1n) is 8.01. The van der Waals surface area contributed by atoms with E-state index >= 15 is 0 Å². The van der Waals surface area contributed by atoms with Gasteiger partial charge in [-0.3, -0.25) is 10.1 Å². The van der Waals surface area contributed by atoms with Crippen LogP contribution >= 0.6 is 11.3 Å². The van der Waals surface area contributed by atoms with Crippen LogP contribution in [0.15, 0.2) is 54.7 Å². The van der Waals surface area contributed by atoms with Crippen LogP contribution in [0.4, 0.5) is 5.13 Å². The van der Waals surface area contributed by atoms with Crippen LogP contribution in [-0.2, 0) is 0 Å². The van der Waals surface area contributed by atoms with Gasteiger partial charge in [0.15, 0.2) is 5.13 Å². The third-order valence-corrected chi connectivity index (χ3v) is 5.00. The van der Waals surface area contributed by atoms with Crippen molar-refractivity contribution in [3.63, 3.8) is 0 Å². The number of para-hydroxylation sites is 1. The lowest BCUT2D eigenvalue weighted by Crippen LogP contribution is -2.12. The maximum atomic E-state index is 12.7. The van der Waals surface area contributed by atoms with E-state index in [1.807, 2.05) is 55.5 Å². The summed E-state index contributed by atoms with van der Waals surface area (Å²) in [6.45, 7) is 1.87. The molecule has 4 rings (SSSR count). The lowest BCUT2D eigenvalue weighted by atomic mass is 10.2. The zero-order valence-corrected chi connectivity index (χ0v) is 15.1. The van der Waals surface area contributed by atoms with Crippen molar-refractivity contribution in [1.82, 2.24) is 14.8 Å². The molecule has 0 bridgehead atoms. The Morgan fingerprint density at radius 2 is 2.00 bits per heavy atom. The number of benzene rings is 2.